The maximum Gasteiger partial charge on any atom is 0.142 e. The first-order chi connectivity index (χ1) is 8.69. The summed E-state index contributed by atoms with van der Waals surface area (Å²) in [6.45, 7) is 2.55. The molecular formula is C14H13BrINO. The first kappa shape index (κ1) is 13.8. The summed E-state index contributed by atoms with van der Waals surface area (Å²) in [6, 6.07) is 12.3. The fourth-order valence-electron chi connectivity index (χ4n) is 1.57. The fraction of sp³-hybridized carbons (Fsp3) is 0.214. The highest BCUT2D eigenvalue weighted by molar-refractivity contribution is 14.1. The summed E-state index contributed by atoms with van der Waals surface area (Å²) in [5.41, 5.74) is 3.11. The van der Waals surface area contributed by atoms with Crippen LogP contribution in [-0.2, 0) is 11.9 Å². The molecule has 1 heterocycles. The molecule has 0 amide bonds. The molecule has 0 saturated carbocycles. The van der Waals surface area contributed by atoms with Gasteiger partial charge in [0, 0.05) is 14.6 Å². The van der Waals surface area contributed by atoms with Crippen LogP contribution in [0.2, 0.25) is 0 Å². The minimum absolute atomic E-state index is 0.571. The van der Waals surface area contributed by atoms with Crippen LogP contribution in [0.1, 0.15) is 17.0 Å². The van der Waals surface area contributed by atoms with Gasteiger partial charge in [0.2, 0.25) is 0 Å². The molecule has 2 nitrogen and oxygen atoms in total. The molecule has 0 unspecified atom stereocenters. The summed E-state index contributed by atoms with van der Waals surface area (Å²) in [4.78, 5) is 4.44. The van der Waals surface area contributed by atoms with Gasteiger partial charge in [-0.1, -0.05) is 28.1 Å². The Bertz CT molecular complexity index is 528. The molecule has 4 heteroatoms. The lowest BCUT2D eigenvalue weighted by Crippen LogP contribution is -2.00. The minimum Gasteiger partial charge on any atom is -0.487 e. The van der Waals surface area contributed by atoms with Crippen LogP contribution in [0.4, 0.5) is 0 Å². The summed E-state index contributed by atoms with van der Waals surface area (Å²) >= 11 is 5.73. The van der Waals surface area contributed by atoms with Crippen molar-refractivity contribution in [3.05, 3.63) is 56.9 Å². The van der Waals surface area contributed by atoms with Crippen molar-refractivity contribution in [2.45, 2.75) is 18.9 Å². The molecule has 0 fully saturated rings. The highest BCUT2D eigenvalue weighted by Crippen LogP contribution is 2.21. The van der Waals surface area contributed by atoms with Gasteiger partial charge in [-0.3, -0.25) is 4.98 Å². The van der Waals surface area contributed by atoms with E-state index in [0.29, 0.717) is 11.9 Å². The lowest BCUT2D eigenvalue weighted by molar-refractivity contribution is 0.302. The predicted octanol–water partition coefficient (Wildman–Crippen LogP) is 4.47. The normalized spacial score (nSPS) is 10.4. The summed E-state index contributed by atoms with van der Waals surface area (Å²) in [7, 11) is 0. The molecule has 0 spiro atoms. The number of hydrogen-bond donors (Lipinski definition) is 0. The van der Waals surface area contributed by atoms with Crippen LogP contribution >= 0.6 is 38.5 Å². The Kier molecular flexibility index (Phi) is 5.00. The number of rotatable bonds is 4. The molecular weight excluding hydrogens is 405 g/mol. The third kappa shape index (κ3) is 3.68. The molecule has 1 aromatic carbocycles. The molecule has 2 rings (SSSR count). The van der Waals surface area contributed by atoms with Crippen LogP contribution in [0.5, 0.6) is 5.75 Å². The van der Waals surface area contributed by atoms with Crippen LogP contribution in [0.25, 0.3) is 0 Å². The van der Waals surface area contributed by atoms with Crippen LogP contribution in [0, 0.1) is 10.5 Å². The van der Waals surface area contributed by atoms with E-state index in [2.05, 4.69) is 67.8 Å². The molecule has 0 aliphatic rings. The van der Waals surface area contributed by atoms with Crippen LogP contribution < -0.4 is 4.74 Å². The van der Waals surface area contributed by atoms with E-state index in [1.165, 1.54) is 3.57 Å². The lowest BCUT2D eigenvalue weighted by Gasteiger charge is -2.10. The highest BCUT2D eigenvalue weighted by Gasteiger charge is 2.05. The summed E-state index contributed by atoms with van der Waals surface area (Å²) in [5.74, 6) is 0.844. The second-order valence-electron chi connectivity index (χ2n) is 3.95. The number of alkyl halides is 1. The number of aryl methyl sites for hydroxylation is 1. The zero-order chi connectivity index (χ0) is 13.0. The molecule has 18 heavy (non-hydrogen) atoms. The Hall–Kier alpha value is -0.620. The molecule has 0 N–H and O–H groups in total. The molecule has 1 aromatic heterocycles. The smallest absolute Gasteiger partial charge is 0.142 e. The summed E-state index contributed by atoms with van der Waals surface area (Å²) < 4.78 is 7.05. The number of ether oxygens (including phenoxy) is 1. The van der Waals surface area contributed by atoms with Crippen molar-refractivity contribution in [3.8, 4) is 5.75 Å². The number of aromatic nitrogens is 1. The molecule has 2 aromatic rings. The molecule has 0 aliphatic heterocycles. The monoisotopic (exact) mass is 417 g/mol. The van der Waals surface area contributed by atoms with Gasteiger partial charge in [0.15, 0.2) is 0 Å². The van der Waals surface area contributed by atoms with Gasteiger partial charge < -0.3 is 4.74 Å². The van der Waals surface area contributed by atoms with Gasteiger partial charge in [-0.25, -0.2) is 0 Å². The topological polar surface area (TPSA) is 22.1 Å². The van der Waals surface area contributed by atoms with Crippen molar-refractivity contribution >= 4 is 38.5 Å². The number of nitrogens with zero attached hydrogens (tertiary/aromatic N) is 1. The number of benzene rings is 1. The van der Waals surface area contributed by atoms with E-state index >= 15 is 0 Å². The Balaban J connectivity index is 2.08. The van der Waals surface area contributed by atoms with Gasteiger partial charge in [-0.2, -0.15) is 0 Å². The lowest BCUT2D eigenvalue weighted by atomic mass is 10.2. The van der Waals surface area contributed by atoms with E-state index in [0.717, 1.165) is 22.7 Å². The van der Waals surface area contributed by atoms with E-state index in [1.54, 1.807) is 0 Å². The zero-order valence-corrected chi connectivity index (χ0v) is 13.7. The van der Waals surface area contributed by atoms with Crippen molar-refractivity contribution in [3.63, 3.8) is 0 Å². The SMILES string of the molecule is Cc1ccc(OCc2ccc(I)cc2)c(CBr)n1. The maximum absolute atomic E-state index is 5.81. The Morgan fingerprint density at radius 2 is 1.89 bits per heavy atom. The average Bonchev–Trinajstić information content (AvgIpc) is 2.39. The first-order valence-electron chi connectivity index (χ1n) is 5.59. The van der Waals surface area contributed by atoms with Gasteiger partial charge in [0.05, 0.1) is 5.69 Å². The van der Waals surface area contributed by atoms with E-state index in [9.17, 15) is 0 Å². The molecule has 0 bridgehead atoms. The Labute approximate surface area is 129 Å². The maximum atomic E-state index is 5.81. The molecule has 0 saturated heterocycles. The minimum atomic E-state index is 0.571. The zero-order valence-electron chi connectivity index (χ0n) is 9.99. The summed E-state index contributed by atoms with van der Waals surface area (Å²) in [6.07, 6.45) is 0. The van der Waals surface area contributed by atoms with Crippen LogP contribution in [0.15, 0.2) is 36.4 Å². The molecule has 94 valence electrons. The van der Waals surface area contributed by atoms with Crippen molar-refractivity contribution in [2.75, 3.05) is 0 Å². The van der Waals surface area contributed by atoms with Crippen molar-refractivity contribution < 1.29 is 4.74 Å². The van der Waals surface area contributed by atoms with Gasteiger partial charge >= 0.3 is 0 Å². The van der Waals surface area contributed by atoms with Gasteiger partial charge in [0.25, 0.3) is 0 Å². The van der Waals surface area contributed by atoms with Gasteiger partial charge in [-0.05, 0) is 59.3 Å². The van der Waals surface area contributed by atoms with E-state index in [-0.39, 0.29) is 0 Å². The second kappa shape index (κ2) is 6.52. The Morgan fingerprint density at radius 3 is 2.56 bits per heavy atom. The third-order valence-corrected chi connectivity index (χ3v) is 3.76. The number of pyridine rings is 1. The quantitative estimate of drug-likeness (QED) is 0.540. The summed E-state index contributed by atoms with van der Waals surface area (Å²) in [5, 5.41) is 0.705. The second-order valence-corrected chi connectivity index (χ2v) is 5.75. The number of hydrogen-bond acceptors (Lipinski definition) is 2. The van der Waals surface area contributed by atoms with Gasteiger partial charge in [-0.15, -0.1) is 0 Å². The van der Waals surface area contributed by atoms with Crippen LogP contribution in [0.3, 0.4) is 0 Å². The molecule has 0 aliphatic carbocycles. The standard InChI is InChI=1S/C14H13BrINO/c1-10-2-7-14(13(8-15)17-10)18-9-11-3-5-12(16)6-4-11/h2-7H,8-9H2,1H3. The predicted molar refractivity (Wildman–Crippen MR) is 85.1 cm³/mol. The van der Waals surface area contributed by atoms with E-state index in [4.69, 9.17) is 4.74 Å². The Morgan fingerprint density at radius 1 is 1.17 bits per heavy atom. The molecule has 0 atom stereocenters. The number of halogens is 2. The molecule has 0 radical (unpaired) electrons. The first-order valence-corrected chi connectivity index (χ1v) is 7.79. The average molecular weight is 418 g/mol. The third-order valence-electron chi connectivity index (χ3n) is 2.51. The van der Waals surface area contributed by atoms with Crippen molar-refractivity contribution in [2.24, 2.45) is 0 Å². The van der Waals surface area contributed by atoms with Crippen LogP contribution in [-0.4, -0.2) is 4.98 Å². The van der Waals surface area contributed by atoms with Gasteiger partial charge in [0.1, 0.15) is 12.4 Å². The fourth-order valence-corrected chi connectivity index (χ4v) is 2.33. The van der Waals surface area contributed by atoms with Crippen molar-refractivity contribution in [1.29, 1.82) is 0 Å². The van der Waals surface area contributed by atoms with E-state index < -0.39 is 0 Å². The largest absolute Gasteiger partial charge is 0.487 e. The van der Waals surface area contributed by atoms with E-state index in [1.807, 2.05) is 19.1 Å². The van der Waals surface area contributed by atoms with Crippen molar-refractivity contribution in [1.82, 2.24) is 4.98 Å². The highest BCUT2D eigenvalue weighted by atomic mass is 127.